The molecule has 21 heavy (non-hydrogen) atoms. The molecule has 1 rings (SSSR count). The smallest absolute Gasteiger partial charge is 0.255 e. The lowest BCUT2D eigenvalue weighted by Gasteiger charge is -2.25. The molecule has 0 spiro atoms. The number of amides is 1. The Hall–Kier alpha value is -1.14. The normalized spacial score (nSPS) is 11.5. The van der Waals surface area contributed by atoms with Crippen molar-refractivity contribution in [1.29, 1.82) is 0 Å². The molecule has 0 fully saturated rings. The van der Waals surface area contributed by atoms with Gasteiger partial charge in [0.1, 0.15) is 10.9 Å². The summed E-state index contributed by atoms with van der Waals surface area (Å²) in [6.45, 7) is 8.56. The molecule has 0 aliphatic carbocycles. The standard InChI is InChI=1S/C15H25N3O2S/c1-10-12(14(21-5)18-11(2)17-10)13(20)16-9-15(3,4)7-6-8-19/h19H,6-9H2,1-5H3,(H,16,20). The Kier molecular flexibility index (Phi) is 6.61. The van der Waals surface area contributed by atoms with Crippen molar-refractivity contribution in [1.82, 2.24) is 15.3 Å². The van der Waals surface area contributed by atoms with Crippen molar-refractivity contribution in [3.8, 4) is 0 Å². The van der Waals surface area contributed by atoms with E-state index in [9.17, 15) is 4.79 Å². The van der Waals surface area contributed by atoms with Gasteiger partial charge in [-0.25, -0.2) is 9.97 Å². The van der Waals surface area contributed by atoms with Crippen LogP contribution in [0.2, 0.25) is 0 Å². The number of aliphatic hydroxyl groups excluding tert-OH is 1. The van der Waals surface area contributed by atoms with Crippen molar-refractivity contribution >= 4 is 17.7 Å². The molecule has 1 amide bonds. The molecule has 0 atom stereocenters. The Labute approximate surface area is 131 Å². The van der Waals surface area contributed by atoms with E-state index in [1.165, 1.54) is 11.8 Å². The summed E-state index contributed by atoms with van der Waals surface area (Å²) in [5.74, 6) is 0.547. The topological polar surface area (TPSA) is 75.1 Å². The van der Waals surface area contributed by atoms with E-state index < -0.39 is 0 Å². The van der Waals surface area contributed by atoms with Crippen molar-refractivity contribution in [2.24, 2.45) is 5.41 Å². The fraction of sp³-hybridized carbons (Fsp3) is 0.667. The van der Waals surface area contributed by atoms with E-state index in [1.807, 2.05) is 20.1 Å². The molecular formula is C15H25N3O2S. The van der Waals surface area contributed by atoms with Gasteiger partial charge in [0.15, 0.2) is 0 Å². The average molecular weight is 311 g/mol. The van der Waals surface area contributed by atoms with Crippen LogP contribution in [0, 0.1) is 19.3 Å². The van der Waals surface area contributed by atoms with Gasteiger partial charge in [-0.3, -0.25) is 4.79 Å². The van der Waals surface area contributed by atoms with E-state index in [0.717, 1.165) is 12.8 Å². The Balaban J connectivity index is 2.81. The zero-order chi connectivity index (χ0) is 16.0. The molecule has 118 valence electrons. The monoisotopic (exact) mass is 311 g/mol. The predicted octanol–water partition coefficient (Wildman–Crippen LogP) is 2.34. The number of carbonyl (C=O) groups is 1. The van der Waals surface area contributed by atoms with Crippen LogP contribution >= 0.6 is 11.8 Å². The molecule has 0 radical (unpaired) electrons. The fourth-order valence-corrected chi connectivity index (χ4v) is 2.81. The predicted molar refractivity (Wildman–Crippen MR) is 85.7 cm³/mol. The minimum atomic E-state index is -0.131. The third-order valence-electron chi connectivity index (χ3n) is 3.33. The Morgan fingerprint density at radius 2 is 2.00 bits per heavy atom. The molecule has 1 heterocycles. The van der Waals surface area contributed by atoms with Crippen molar-refractivity contribution in [3.63, 3.8) is 0 Å². The van der Waals surface area contributed by atoms with Crippen LogP contribution in [-0.2, 0) is 0 Å². The van der Waals surface area contributed by atoms with Crippen molar-refractivity contribution in [2.75, 3.05) is 19.4 Å². The van der Waals surface area contributed by atoms with E-state index in [-0.39, 0.29) is 17.9 Å². The number of hydrogen-bond acceptors (Lipinski definition) is 5. The zero-order valence-electron chi connectivity index (χ0n) is 13.5. The van der Waals surface area contributed by atoms with E-state index >= 15 is 0 Å². The Morgan fingerprint density at radius 1 is 1.33 bits per heavy atom. The van der Waals surface area contributed by atoms with Gasteiger partial charge in [0.25, 0.3) is 5.91 Å². The highest BCUT2D eigenvalue weighted by molar-refractivity contribution is 7.98. The van der Waals surface area contributed by atoms with Gasteiger partial charge >= 0.3 is 0 Å². The average Bonchev–Trinajstić information content (AvgIpc) is 2.42. The number of nitrogens with zero attached hydrogens (tertiary/aromatic N) is 2. The minimum absolute atomic E-state index is 0.0443. The number of rotatable bonds is 7. The molecule has 1 aromatic rings. The number of carbonyl (C=O) groups excluding carboxylic acids is 1. The van der Waals surface area contributed by atoms with Crippen LogP contribution in [0.4, 0.5) is 0 Å². The second kappa shape index (κ2) is 7.75. The second-order valence-electron chi connectivity index (χ2n) is 5.91. The molecule has 0 saturated carbocycles. The van der Waals surface area contributed by atoms with Crippen molar-refractivity contribution < 1.29 is 9.90 Å². The first-order valence-electron chi connectivity index (χ1n) is 7.09. The second-order valence-corrected chi connectivity index (χ2v) is 6.71. The lowest BCUT2D eigenvalue weighted by atomic mass is 9.88. The molecule has 0 saturated heterocycles. The molecule has 0 unspecified atom stereocenters. The fourth-order valence-electron chi connectivity index (χ4n) is 2.14. The first kappa shape index (κ1) is 17.9. The van der Waals surface area contributed by atoms with Gasteiger partial charge in [-0.05, 0) is 38.4 Å². The molecular weight excluding hydrogens is 286 g/mol. The maximum atomic E-state index is 12.4. The van der Waals surface area contributed by atoms with Crippen LogP contribution in [-0.4, -0.2) is 40.4 Å². The summed E-state index contributed by atoms with van der Waals surface area (Å²) in [6.07, 6.45) is 3.51. The number of thioether (sulfide) groups is 1. The van der Waals surface area contributed by atoms with E-state index in [0.29, 0.717) is 28.7 Å². The largest absolute Gasteiger partial charge is 0.396 e. The minimum Gasteiger partial charge on any atom is -0.396 e. The van der Waals surface area contributed by atoms with Crippen LogP contribution in [0.25, 0.3) is 0 Å². The number of aromatic nitrogens is 2. The third-order valence-corrected chi connectivity index (χ3v) is 4.01. The summed E-state index contributed by atoms with van der Waals surface area (Å²) in [4.78, 5) is 21.0. The molecule has 0 aromatic carbocycles. The maximum Gasteiger partial charge on any atom is 0.255 e. The van der Waals surface area contributed by atoms with Crippen LogP contribution < -0.4 is 5.32 Å². The summed E-state index contributed by atoms with van der Waals surface area (Å²) in [5, 5.41) is 12.6. The number of aliphatic hydroxyl groups is 1. The van der Waals surface area contributed by atoms with E-state index in [4.69, 9.17) is 5.11 Å². The summed E-state index contributed by atoms with van der Waals surface area (Å²) >= 11 is 1.45. The lowest BCUT2D eigenvalue weighted by molar-refractivity contribution is 0.0928. The lowest BCUT2D eigenvalue weighted by Crippen LogP contribution is -2.35. The highest BCUT2D eigenvalue weighted by atomic mass is 32.2. The molecule has 1 aromatic heterocycles. The number of aryl methyl sites for hydroxylation is 2. The quantitative estimate of drug-likeness (QED) is 0.597. The van der Waals surface area contributed by atoms with Gasteiger partial charge in [0, 0.05) is 13.2 Å². The SMILES string of the molecule is CSc1nc(C)nc(C)c1C(=O)NCC(C)(C)CCCO. The summed E-state index contributed by atoms with van der Waals surface area (Å²) in [5.41, 5.74) is 1.22. The summed E-state index contributed by atoms with van der Waals surface area (Å²) < 4.78 is 0. The molecule has 0 bridgehead atoms. The van der Waals surface area contributed by atoms with E-state index in [2.05, 4.69) is 29.1 Å². The van der Waals surface area contributed by atoms with Gasteiger partial charge in [0.2, 0.25) is 0 Å². The van der Waals surface area contributed by atoms with Gasteiger partial charge in [-0.1, -0.05) is 13.8 Å². The van der Waals surface area contributed by atoms with Crippen LogP contribution in [0.15, 0.2) is 5.03 Å². The zero-order valence-corrected chi connectivity index (χ0v) is 14.3. The Morgan fingerprint density at radius 3 is 2.57 bits per heavy atom. The van der Waals surface area contributed by atoms with Crippen LogP contribution in [0.3, 0.4) is 0 Å². The van der Waals surface area contributed by atoms with Gasteiger partial charge < -0.3 is 10.4 Å². The van der Waals surface area contributed by atoms with Crippen LogP contribution in [0.5, 0.6) is 0 Å². The molecule has 5 nitrogen and oxygen atoms in total. The van der Waals surface area contributed by atoms with E-state index in [1.54, 1.807) is 0 Å². The molecule has 2 N–H and O–H groups in total. The highest BCUT2D eigenvalue weighted by Crippen LogP contribution is 2.23. The third kappa shape index (κ3) is 5.28. The van der Waals surface area contributed by atoms with Gasteiger partial charge in [-0.15, -0.1) is 11.8 Å². The number of hydrogen-bond donors (Lipinski definition) is 2. The van der Waals surface area contributed by atoms with Crippen molar-refractivity contribution in [2.45, 2.75) is 45.6 Å². The molecule has 0 aliphatic rings. The van der Waals surface area contributed by atoms with Gasteiger partial charge in [-0.2, -0.15) is 0 Å². The Bertz CT molecular complexity index is 504. The number of nitrogens with one attached hydrogen (secondary N) is 1. The van der Waals surface area contributed by atoms with Crippen LogP contribution in [0.1, 0.15) is 48.6 Å². The van der Waals surface area contributed by atoms with Crippen molar-refractivity contribution in [3.05, 3.63) is 17.1 Å². The summed E-state index contributed by atoms with van der Waals surface area (Å²) in [7, 11) is 0. The molecule has 6 heteroatoms. The first-order valence-corrected chi connectivity index (χ1v) is 8.31. The van der Waals surface area contributed by atoms with Gasteiger partial charge in [0.05, 0.1) is 11.3 Å². The highest BCUT2D eigenvalue weighted by Gasteiger charge is 2.22. The first-order chi connectivity index (χ1) is 9.80. The maximum absolute atomic E-state index is 12.4. The molecule has 0 aliphatic heterocycles. The summed E-state index contributed by atoms with van der Waals surface area (Å²) in [6, 6.07) is 0.